The van der Waals surface area contributed by atoms with Crippen molar-refractivity contribution in [3.63, 3.8) is 0 Å². The number of phenols is 1. The van der Waals surface area contributed by atoms with Crippen molar-refractivity contribution in [2.45, 2.75) is 5.92 Å². The van der Waals surface area contributed by atoms with Gasteiger partial charge in [-0.05, 0) is 12.1 Å². The minimum absolute atomic E-state index is 0.326. The zero-order valence-corrected chi connectivity index (χ0v) is 8.35. The Labute approximate surface area is 88.9 Å². The lowest BCUT2D eigenvalue weighted by atomic mass is 9.79. The van der Waals surface area contributed by atoms with Gasteiger partial charge in [0.2, 0.25) is 0 Å². The molecule has 2 nitrogen and oxygen atoms in total. The van der Waals surface area contributed by atoms with Crippen LogP contribution in [0.4, 0.5) is 5.69 Å². The third-order valence-corrected chi connectivity index (χ3v) is 3.19. The molecule has 3 rings (SSSR count). The van der Waals surface area contributed by atoms with E-state index < -0.39 is 0 Å². The highest BCUT2D eigenvalue weighted by atomic mass is 16.3. The lowest BCUT2D eigenvalue weighted by Crippen LogP contribution is -2.26. The first kappa shape index (κ1) is 8.60. The lowest BCUT2D eigenvalue weighted by molar-refractivity contribution is 0.454. The maximum Gasteiger partial charge on any atom is 0.121 e. The number of hydrogen-bond donors (Lipinski definition) is 2. The minimum Gasteiger partial charge on any atom is -0.508 e. The van der Waals surface area contributed by atoms with E-state index in [1.54, 1.807) is 6.07 Å². The van der Waals surface area contributed by atoms with Gasteiger partial charge >= 0.3 is 0 Å². The first-order chi connectivity index (χ1) is 7.36. The molecule has 0 saturated heterocycles. The standard InChI is InChI=1S/C13H13NO/c15-12-7-3-6-11-13(12)10-5-2-1-4-9(10)8-14-11/h1-7,9-10,14-15H,8H2. The fourth-order valence-electron chi connectivity index (χ4n) is 2.44. The van der Waals surface area contributed by atoms with Crippen LogP contribution in [0, 0.1) is 5.92 Å². The van der Waals surface area contributed by atoms with Crippen molar-refractivity contribution in [1.82, 2.24) is 0 Å². The van der Waals surface area contributed by atoms with Crippen molar-refractivity contribution < 1.29 is 5.11 Å². The fraction of sp³-hybridized carbons (Fsp3) is 0.231. The number of phenolic OH excluding ortho intramolecular Hbond substituents is 1. The third-order valence-electron chi connectivity index (χ3n) is 3.19. The van der Waals surface area contributed by atoms with E-state index in [4.69, 9.17) is 0 Å². The van der Waals surface area contributed by atoms with Gasteiger partial charge in [0, 0.05) is 29.6 Å². The Hall–Kier alpha value is -1.70. The van der Waals surface area contributed by atoms with Gasteiger partial charge in [0.15, 0.2) is 0 Å². The Morgan fingerprint density at radius 1 is 1.20 bits per heavy atom. The van der Waals surface area contributed by atoms with Crippen molar-refractivity contribution in [1.29, 1.82) is 0 Å². The zero-order valence-electron chi connectivity index (χ0n) is 8.35. The first-order valence-electron chi connectivity index (χ1n) is 5.27. The fourth-order valence-corrected chi connectivity index (χ4v) is 2.44. The summed E-state index contributed by atoms with van der Waals surface area (Å²) < 4.78 is 0. The quantitative estimate of drug-likeness (QED) is 0.673. The van der Waals surface area contributed by atoms with Gasteiger partial charge in [-0.25, -0.2) is 0 Å². The molecule has 2 aliphatic rings. The topological polar surface area (TPSA) is 32.3 Å². The van der Waals surface area contributed by atoms with Crippen LogP contribution in [0.1, 0.15) is 11.5 Å². The van der Waals surface area contributed by atoms with E-state index in [2.05, 4.69) is 29.6 Å². The third kappa shape index (κ3) is 1.25. The van der Waals surface area contributed by atoms with Crippen molar-refractivity contribution in [2.75, 3.05) is 11.9 Å². The summed E-state index contributed by atoms with van der Waals surface area (Å²) in [5.74, 6) is 1.19. The number of aromatic hydroxyl groups is 1. The molecule has 0 fully saturated rings. The van der Waals surface area contributed by atoms with Gasteiger partial charge in [0.25, 0.3) is 0 Å². The van der Waals surface area contributed by atoms with E-state index >= 15 is 0 Å². The summed E-state index contributed by atoms with van der Waals surface area (Å²) in [7, 11) is 0. The van der Waals surface area contributed by atoms with Crippen LogP contribution in [-0.2, 0) is 0 Å². The first-order valence-corrected chi connectivity index (χ1v) is 5.27. The summed E-state index contributed by atoms with van der Waals surface area (Å²) in [6, 6.07) is 5.66. The number of hydrogen-bond acceptors (Lipinski definition) is 2. The molecule has 2 atom stereocenters. The van der Waals surface area contributed by atoms with E-state index in [0.717, 1.165) is 17.8 Å². The highest BCUT2D eigenvalue weighted by Crippen LogP contribution is 2.42. The summed E-state index contributed by atoms with van der Waals surface area (Å²) in [6.45, 7) is 0.946. The summed E-state index contributed by atoms with van der Waals surface area (Å²) in [5.41, 5.74) is 2.10. The van der Waals surface area contributed by atoms with Crippen molar-refractivity contribution in [3.8, 4) is 5.75 Å². The molecule has 0 saturated carbocycles. The molecular formula is C13H13NO. The van der Waals surface area contributed by atoms with Crippen molar-refractivity contribution in [3.05, 3.63) is 48.1 Å². The maximum atomic E-state index is 9.90. The molecule has 2 heteroatoms. The molecule has 2 N–H and O–H groups in total. The van der Waals surface area contributed by atoms with Crippen LogP contribution in [0.2, 0.25) is 0 Å². The summed E-state index contributed by atoms with van der Waals surface area (Å²) in [5, 5.41) is 13.3. The molecule has 76 valence electrons. The largest absolute Gasteiger partial charge is 0.508 e. The number of nitrogens with one attached hydrogen (secondary N) is 1. The second kappa shape index (κ2) is 3.16. The van der Waals surface area contributed by atoms with Crippen LogP contribution >= 0.6 is 0 Å². The van der Waals surface area contributed by atoms with Gasteiger partial charge in [-0.2, -0.15) is 0 Å². The molecule has 0 bridgehead atoms. The molecule has 0 aromatic heterocycles. The van der Waals surface area contributed by atoms with E-state index in [1.807, 2.05) is 12.1 Å². The van der Waals surface area contributed by atoms with E-state index in [-0.39, 0.29) is 0 Å². The maximum absolute atomic E-state index is 9.90. The van der Waals surface area contributed by atoms with Crippen LogP contribution in [-0.4, -0.2) is 11.7 Å². The molecule has 1 aliphatic heterocycles. The molecule has 0 spiro atoms. The van der Waals surface area contributed by atoms with Crippen molar-refractivity contribution >= 4 is 5.69 Å². The molecule has 0 radical (unpaired) electrons. The van der Waals surface area contributed by atoms with Gasteiger partial charge in [-0.3, -0.25) is 0 Å². The van der Waals surface area contributed by atoms with E-state index in [1.165, 1.54) is 0 Å². The number of fused-ring (bicyclic) bond motifs is 3. The van der Waals surface area contributed by atoms with Crippen LogP contribution in [0.15, 0.2) is 42.5 Å². The molecule has 2 unspecified atom stereocenters. The Morgan fingerprint density at radius 3 is 3.00 bits per heavy atom. The Kier molecular flexibility index (Phi) is 1.81. The second-order valence-electron chi connectivity index (χ2n) is 4.08. The predicted molar refractivity (Wildman–Crippen MR) is 61.1 cm³/mol. The Bertz CT molecular complexity index is 448. The van der Waals surface area contributed by atoms with Crippen molar-refractivity contribution in [2.24, 2.45) is 5.92 Å². The summed E-state index contributed by atoms with van der Waals surface area (Å²) >= 11 is 0. The van der Waals surface area contributed by atoms with E-state index in [9.17, 15) is 5.11 Å². The van der Waals surface area contributed by atoms with Crippen LogP contribution in [0.25, 0.3) is 0 Å². The summed E-state index contributed by atoms with van der Waals surface area (Å²) in [6.07, 6.45) is 8.51. The SMILES string of the molecule is Oc1cccc2c1C1C=CC=CC1CN2. The number of benzene rings is 1. The number of rotatable bonds is 0. The number of allylic oxidation sites excluding steroid dienone is 3. The number of anilines is 1. The molecule has 1 aliphatic carbocycles. The van der Waals surface area contributed by atoms with Gasteiger partial charge in [-0.1, -0.05) is 30.4 Å². The molecule has 1 heterocycles. The predicted octanol–water partition coefficient (Wildman–Crippen LogP) is 2.64. The zero-order chi connectivity index (χ0) is 10.3. The average Bonchev–Trinajstić information content (AvgIpc) is 2.29. The van der Waals surface area contributed by atoms with Gasteiger partial charge in [0.1, 0.15) is 5.75 Å². The molecule has 0 amide bonds. The molecular weight excluding hydrogens is 186 g/mol. The van der Waals surface area contributed by atoms with E-state index in [0.29, 0.717) is 17.6 Å². The Morgan fingerprint density at radius 2 is 2.07 bits per heavy atom. The smallest absolute Gasteiger partial charge is 0.121 e. The van der Waals surface area contributed by atoms with Gasteiger partial charge in [0.05, 0.1) is 0 Å². The second-order valence-corrected chi connectivity index (χ2v) is 4.08. The monoisotopic (exact) mass is 199 g/mol. The Balaban J connectivity index is 2.14. The van der Waals surface area contributed by atoms with Crippen LogP contribution in [0.5, 0.6) is 5.75 Å². The normalized spacial score (nSPS) is 26.7. The molecule has 1 aromatic rings. The highest BCUT2D eigenvalue weighted by molar-refractivity contribution is 5.62. The lowest BCUT2D eigenvalue weighted by Gasteiger charge is -2.32. The summed E-state index contributed by atoms with van der Waals surface area (Å²) in [4.78, 5) is 0. The minimum atomic E-state index is 0.326. The van der Waals surface area contributed by atoms with Crippen LogP contribution < -0.4 is 5.32 Å². The van der Waals surface area contributed by atoms with Gasteiger partial charge in [-0.15, -0.1) is 0 Å². The average molecular weight is 199 g/mol. The highest BCUT2D eigenvalue weighted by Gasteiger charge is 2.29. The molecule has 1 aromatic carbocycles. The molecule has 15 heavy (non-hydrogen) atoms. The van der Waals surface area contributed by atoms with Crippen LogP contribution in [0.3, 0.4) is 0 Å². The van der Waals surface area contributed by atoms with Gasteiger partial charge < -0.3 is 10.4 Å².